The summed E-state index contributed by atoms with van der Waals surface area (Å²) in [7, 11) is 0. The van der Waals surface area contributed by atoms with E-state index in [1.54, 1.807) is 6.07 Å². The maximum Gasteiger partial charge on any atom is 0.170 e. The van der Waals surface area contributed by atoms with Crippen LogP contribution in [-0.2, 0) is 0 Å². The number of phenolic OH excluding ortho intramolecular Hbond substituents is 2. The minimum Gasteiger partial charge on any atom is -0.508 e. The molecule has 0 aliphatic heterocycles. The van der Waals surface area contributed by atoms with E-state index in [0.717, 1.165) is 31.2 Å². The van der Waals surface area contributed by atoms with Crippen LogP contribution in [0.2, 0.25) is 0 Å². The highest BCUT2D eigenvalue weighted by molar-refractivity contribution is 6.05. The van der Waals surface area contributed by atoms with Crippen molar-refractivity contribution < 1.29 is 15.0 Å². The van der Waals surface area contributed by atoms with Gasteiger partial charge in [-0.15, -0.1) is 0 Å². The third-order valence-electron chi connectivity index (χ3n) is 3.93. The van der Waals surface area contributed by atoms with E-state index in [4.69, 9.17) is 0 Å². The molecule has 1 aromatic carbocycles. The Hall–Kier alpha value is -1.51. The number of aromatic hydroxyl groups is 2. The molecule has 1 aliphatic rings. The van der Waals surface area contributed by atoms with Gasteiger partial charge in [0.1, 0.15) is 11.5 Å². The van der Waals surface area contributed by atoms with Crippen molar-refractivity contribution in [3.63, 3.8) is 0 Å². The first-order chi connectivity index (χ1) is 8.56. The third kappa shape index (κ3) is 2.09. The molecule has 0 fully saturated rings. The average Bonchev–Trinajstić information content (AvgIpc) is 2.54. The number of hydrogen-bond donors (Lipinski definition) is 2. The fourth-order valence-corrected chi connectivity index (χ4v) is 2.89. The van der Waals surface area contributed by atoms with Crippen molar-refractivity contribution in [1.82, 2.24) is 0 Å². The maximum absolute atomic E-state index is 12.3. The molecule has 18 heavy (non-hydrogen) atoms. The molecule has 3 nitrogen and oxygen atoms in total. The first kappa shape index (κ1) is 12.9. The highest BCUT2D eigenvalue weighted by Gasteiger charge is 2.38. The Morgan fingerprint density at radius 1 is 1.22 bits per heavy atom. The molecule has 2 N–H and O–H groups in total. The van der Waals surface area contributed by atoms with Crippen LogP contribution in [0.25, 0.3) is 0 Å². The van der Waals surface area contributed by atoms with Crippen molar-refractivity contribution >= 4 is 5.78 Å². The lowest BCUT2D eigenvalue weighted by molar-refractivity contribution is 0.0915. The van der Waals surface area contributed by atoms with E-state index in [9.17, 15) is 15.0 Å². The Labute approximate surface area is 107 Å². The van der Waals surface area contributed by atoms with Crippen LogP contribution in [0.4, 0.5) is 0 Å². The van der Waals surface area contributed by atoms with E-state index in [0.29, 0.717) is 5.56 Å². The van der Waals surface area contributed by atoms with E-state index in [1.807, 2.05) is 6.92 Å². The summed E-state index contributed by atoms with van der Waals surface area (Å²) in [6, 6.07) is 2.86. The Balaban J connectivity index is 2.26. The molecule has 0 unspecified atom stereocenters. The average molecular weight is 248 g/mol. The SMILES string of the molecule is CCCCC[C@@H]1C(=O)c2c(O)cc(O)cc2[C@@H]1C. The molecule has 2 rings (SSSR count). The van der Waals surface area contributed by atoms with Crippen molar-refractivity contribution in [2.75, 3.05) is 0 Å². The first-order valence-electron chi connectivity index (χ1n) is 6.66. The van der Waals surface area contributed by atoms with E-state index in [-0.39, 0.29) is 29.1 Å². The minimum atomic E-state index is -0.0835. The van der Waals surface area contributed by atoms with Gasteiger partial charge in [0, 0.05) is 12.0 Å². The Bertz CT molecular complexity index is 465. The van der Waals surface area contributed by atoms with E-state index >= 15 is 0 Å². The van der Waals surface area contributed by atoms with Gasteiger partial charge in [-0.3, -0.25) is 4.79 Å². The van der Waals surface area contributed by atoms with Crippen LogP contribution in [-0.4, -0.2) is 16.0 Å². The lowest BCUT2D eigenvalue weighted by Gasteiger charge is -2.13. The van der Waals surface area contributed by atoms with Crippen LogP contribution >= 0.6 is 0 Å². The van der Waals surface area contributed by atoms with Gasteiger partial charge in [-0.1, -0.05) is 33.1 Å². The molecule has 0 heterocycles. The molecule has 0 saturated carbocycles. The highest BCUT2D eigenvalue weighted by atomic mass is 16.3. The van der Waals surface area contributed by atoms with Gasteiger partial charge >= 0.3 is 0 Å². The molecular weight excluding hydrogens is 228 g/mol. The topological polar surface area (TPSA) is 57.5 Å². The van der Waals surface area contributed by atoms with Crippen LogP contribution in [0.5, 0.6) is 11.5 Å². The van der Waals surface area contributed by atoms with Crippen molar-refractivity contribution in [1.29, 1.82) is 0 Å². The predicted octanol–water partition coefficient (Wildman–Crippen LogP) is 3.59. The van der Waals surface area contributed by atoms with Crippen molar-refractivity contribution in [2.24, 2.45) is 5.92 Å². The molecule has 0 saturated heterocycles. The number of fused-ring (bicyclic) bond motifs is 1. The molecule has 0 radical (unpaired) electrons. The highest BCUT2D eigenvalue weighted by Crippen LogP contribution is 2.45. The summed E-state index contributed by atoms with van der Waals surface area (Å²) in [6.45, 7) is 4.14. The van der Waals surface area contributed by atoms with E-state index in [2.05, 4.69) is 6.92 Å². The first-order valence-corrected chi connectivity index (χ1v) is 6.66. The second-order valence-electron chi connectivity index (χ2n) is 5.18. The number of rotatable bonds is 4. The largest absolute Gasteiger partial charge is 0.508 e. The van der Waals surface area contributed by atoms with Gasteiger partial charge in [0.15, 0.2) is 5.78 Å². The summed E-state index contributed by atoms with van der Waals surface area (Å²) in [5.41, 5.74) is 1.21. The van der Waals surface area contributed by atoms with Crippen molar-refractivity contribution in [3.8, 4) is 11.5 Å². The molecule has 0 spiro atoms. The molecule has 0 bridgehead atoms. The summed E-state index contributed by atoms with van der Waals surface area (Å²) in [5, 5.41) is 19.3. The molecule has 2 atom stereocenters. The number of Topliss-reactive ketones (excluding diaryl/α,β-unsaturated/α-hetero) is 1. The molecule has 1 aromatic rings. The van der Waals surface area contributed by atoms with Crippen LogP contribution in [0.3, 0.4) is 0 Å². The van der Waals surface area contributed by atoms with E-state index in [1.165, 1.54) is 6.07 Å². The Morgan fingerprint density at radius 2 is 1.94 bits per heavy atom. The maximum atomic E-state index is 12.3. The molecule has 98 valence electrons. The fourth-order valence-electron chi connectivity index (χ4n) is 2.89. The van der Waals surface area contributed by atoms with Crippen molar-refractivity contribution in [2.45, 2.75) is 45.4 Å². The summed E-state index contributed by atoms with van der Waals surface area (Å²) >= 11 is 0. The fraction of sp³-hybridized carbons (Fsp3) is 0.533. The van der Waals surface area contributed by atoms with Gasteiger partial charge in [0.2, 0.25) is 0 Å². The second-order valence-corrected chi connectivity index (χ2v) is 5.18. The second kappa shape index (κ2) is 5.01. The van der Waals surface area contributed by atoms with E-state index < -0.39 is 0 Å². The monoisotopic (exact) mass is 248 g/mol. The Kier molecular flexibility index (Phi) is 3.60. The van der Waals surface area contributed by atoms with Gasteiger partial charge in [0.05, 0.1) is 5.56 Å². The number of ketones is 1. The zero-order chi connectivity index (χ0) is 13.3. The normalized spacial score (nSPS) is 22.2. The van der Waals surface area contributed by atoms with Gasteiger partial charge in [0.25, 0.3) is 0 Å². The van der Waals surface area contributed by atoms with Gasteiger partial charge < -0.3 is 10.2 Å². The van der Waals surface area contributed by atoms with Crippen LogP contribution < -0.4 is 0 Å². The number of phenols is 2. The van der Waals surface area contributed by atoms with Crippen LogP contribution in [0.1, 0.15) is 61.4 Å². The summed E-state index contributed by atoms with van der Waals surface area (Å²) < 4.78 is 0. The number of hydrogen-bond acceptors (Lipinski definition) is 3. The number of carbonyl (C=O) groups excluding carboxylic acids is 1. The quantitative estimate of drug-likeness (QED) is 0.800. The van der Waals surface area contributed by atoms with Crippen LogP contribution in [0.15, 0.2) is 12.1 Å². The molecular formula is C15H20O3. The molecule has 0 amide bonds. The molecule has 3 heteroatoms. The molecule has 1 aliphatic carbocycles. The summed E-state index contributed by atoms with van der Waals surface area (Å²) in [4.78, 5) is 12.3. The lowest BCUT2D eigenvalue weighted by Crippen LogP contribution is -2.11. The van der Waals surface area contributed by atoms with Gasteiger partial charge in [-0.2, -0.15) is 0 Å². The standard InChI is InChI=1S/C15H20O3/c1-3-4-5-6-11-9(2)12-7-10(16)8-13(17)14(12)15(11)18/h7-9,11,16-17H,3-6H2,1-2H3/t9-,11+/m1/s1. The Morgan fingerprint density at radius 3 is 2.61 bits per heavy atom. The third-order valence-corrected chi connectivity index (χ3v) is 3.93. The summed E-state index contributed by atoms with van der Waals surface area (Å²) in [6.07, 6.45) is 4.17. The molecule has 0 aromatic heterocycles. The number of carbonyl (C=O) groups is 1. The van der Waals surface area contributed by atoms with Gasteiger partial charge in [-0.05, 0) is 24.0 Å². The minimum absolute atomic E-state index is 0.0279. The predicted molar refractivity (Wildman–Crippen MR) is 70.1 cm³/mol. The summed E-state index contributed by atoms with van der Waals surface area (Å²) in [5.74, 6) is 0.0210. The smallest absolute Gasteiger partial charge is 0.170 e. The zero-order valence-electron chi connectivity index (χ0n) is 10.9. The van der Waals surface area contributed by atoms with Gasteiger partial charge in [-0.25, -0.2) is 0 Å². The van der Waals surface area contributed by atoms with Crippen molar-refractivity contribution in [3.05, 3.63) is 23.3 Å². The van der Waals surface area contributed by atoms with Crippen LogP contribution in [0, 0.1) is 5.92 Å². The number of benzene rings is 1. The lowest BCUT2D eigenvalue weighted by atomic mass is 9.89. The number of unbranched alkanes of at least 4 members (excludes halogenated alkanes) is 2. The zero-order valence-corrected chi connectivity index (χ0v) is 10.9.